The minimum absolute atomic E-state index is 0.0950. The summed E-state index contributed by atoms with van der Waals surface area (Å²) in [6, 6.07) is 4.90. The summed E-state index contributed by atoms with van der Waals surface area (Å²) in [6.45, 7) is 3.93. The van der Waals surface area contributed by atoms with Gasteiger partial charge in [0.15, 0.2) is 0 Å². The molecule has 0 aliphatic carbocycles. The lowest BCUT2D eigenvalue weighted by molar-refractivity contribution is -0.137. The van der Waals surface area contributed by atoms with Crippen molar-refractivity contribution < 1.29 is 14.7 Å². The number of rotatable bonds is 5. The fraction of sp³-hybridized carbons (Fsp3) is 0.462. The van der Waals surface area contributed by atoms with Crippen molar-refractivity contribution in [3.63, 3.8) is 0 Å². The summed E-state index contributed by atoms with van der Waals surface area (Å²) in [5, 5.41) is 11.3. The van der Waals surface area contributed by atoms with Crippen LogP contribution in [0.1, 0.15) is 24.7 Å². The summed E-state index contributed by atoms with van der Waals surface area (Å²) in [7, 11) is 1.65. The van der Waals surface area contributed by atoms with E-state index in [0.29, 0.717) is 6.54 Å². The molecule has 104 valence electrons. The van der Waals surface area contributed by atoms with E-state index in [1.165, 1.54) is 4.90 Å². The third kappa shape index (κ3) is 5.37. The molecule has 0 spiro atoms. The molecule has 1 unspecified atom stereocenters. The highest BCUT2D eigenvalue weighted by atomic mass is 16.4. The fourth-order valence-electron chi connectivity index (χ4n) is 1.64. The highest BCUT2D eigenvalue weighted by molar-refractivity contribution is 5.75. The molecule has 1 heterocycles. The average molecular weight is 265 g/mol. The Labute approximate surface area is 112 Å². The lowest BCUT2D eigenvalue weighted by atomic mass is 10.2. The standard InChI is InChI=1S/C13H19N3O3/c1-9-5-4-6-11(14-9)8-16(3)13(19)15-10(2)7-12(17)18/h4-6,10H,7-8H2,1-3H3,(H,15,19)(H,17,18). The molecule has 2 amide bonds. The highest BCUT2D eigenvalue weighted by Crippen LogP contribution is 2.02. The van der Waals surface area contributed by atoms with Gasteiger partial charge in [-0.2, -0.15) is 0 Å². The van der Waals surface area contributed by atoms with E-state index in [-0.39, 0.29) is 12.5 Å². The molecule has 0 radical (unpaired) electrons. The molecule has 0 aliphatic rings. The van der Waals surface area contributed by atoms with Crippen molar-refractivity contribution in [2.24, 2.45) is 0 Å². The number of aryl methyl sites for hydroxylation is 1. The van der Waals surface area contributed by atoms with Crippen LogP contribution in [0.4, 0.5) is 4.79 Å². The largest absolute Gasteiger partial charge is 0.481 e. The van der Waals surface area contributed by atoms with E-state index < -0.39 is 12.0 Å². The molecule has 6 nitrogen and oxygen atoms in total. The molecule has 0 fully saturated rings. The second-order valence-electron chi connectivity index (χ2n) is 4.57. The Morgan fingerprint density at radius 3 is 2.74 bits per heavy atom. The van der Waals surface area contributed by atoms with Crippen LogP contribution in [0.2, 0.25) is 0 Å². The molecule has 0 bridgehead atoms. The summed E-state index contributed by atoms with van der Waals surface area (Å²) in [5.41, 5.74) is 1.69. The minimum atomic E-state index is -0.934. The SMILES string of the molecule is Cc1cccc(CN(C)C(=O)NC(C)CC(=O)O)n1. The molecule has 0 saturated heterocycles. The zero-order valence-electron chi connectivity index (χ0n) is 11.4. The minimum Gasteiger partial charge on any atom is -0.481 e. The Hall–Kier alpha value is -2.11. The number of carbonyl (C=O) groups is 2. The van der Waals surface area contributed by atoms with E-state index in [4.69, 9.17) is 5.11 Å². The monoisotopic (exact) mass is 265 g/mol. The molecule has 1 aromatic rings. The third-order valence-electron chi connectivity index (χ3n) is 2.54. The number of aliphatic carboxylic acids is 1. The number of amides is 2. The van der Waals surface area contributed by atoms with Gasteiger partial charge in [0, 0.05) is 18.8 Å². The van der Waals surface area contributed by atoms with E-state index in [0.717, 1.165) is 11.4 Å². The van der Waals surface area contributed by atoms with Crippen molar-refractivity contribution in [3.8, 4) is 0 Å². The molecule has 0 aromatic carbocycles. The summed E-state index contributed by atoms with van der Waals surface area (Å²) in [5.74, 6) is -0.934. The second kappa shape index (κ2) is 6.72. The van der Waals surface area contributed by atoms with Crippen molar-refractivity contribution in [3.05, 3.63) is 29.6 Å². The van der Waals surface area contributed by atoms with Gasteiger partial charge in [-0.25, -0.2) is 4.79 Å². The number of aromatic nitrogens is 1. The molecular formula is C13H19N3O3. The van der Waals surface area contributed by atoms with Gasteiger partial charge < -0.3 is 15.3 Å². The molecule has 1 rings (SSSR count). The van der Waals surface area contributed by atoms with Crippen LogP contribution in [-0.2, 0) is 11.3 Å². The van der Waals surface area contributed by atoms with Crippen LogP contribution in [0.3, 0.4) is 0 Å². The van der Waals surface area contributed by atoms with Crippen LogP contribution in [0.5, 0.6) is 0 Å². The number of hydrogen-bond acceptors (Lipinski definition) is 3. The van der Waals surface area contributed by atoms with E-state index in [1.54, 1.807) is 14.0 Å². The quantitative estimate of drug-likeness (QED) is 0.843. The van der Waals surface area contributed by atoms with Gasteiger partial charge in [-0.3, -0.25) is 9.78 Å². The summed E-state index contributed by atoms with van der Waals surface area (Å²) >= 11 is 0. The number of carboxylic acids is 1. The smallest absolute Gasteiger partial charge is 0.317 e. The van der Waals surface area contributed by atoms with Crippen LogP contribution in [0, 0.1) is 6.92 Å². The first kappa shape index (κ1) is 14.9. The fourth-order valence-corrected chi connectivity index (χ4v) is 1.64. The maximum Gasteiger partial charge on any atom is 0.317 e. The number of nitrogens with zero attached hydrogens (tertiary/aromatic N) is 2. The number of urea groups is 1. The van der Waals surface area contributed by atoms with Crippen LogP contribution in [0.25, 0.3) is 0 Å². The molecule has 1 atom stereocenters. The lowest BCUT2D eigenvalue weighted by Gasteiger charge is -2.20. The van der Waals surface area contributed by atoms with Crippen LogP contribution in [0.15, 0.2) is 18.2 Å². The van der Waals surface area contributed by atoms with E-state index in [9.17, 15) is 9.59 Å². The van der Waals surface area contributed by atoms with E-state index >= 15 is 0 Å². The summed E-state index contributed by atoms with van der Waals surface area (Å²) in [6.07, 6.45) is -0.0950. The molecule has 0 saturated carbocycles. The Morgan fingerprint density at radius 1 is 1.47 bits per heavy atom. The molecular weight excluding hydrogens is 246 g/mol. The molecule has 0 aliphatic heterocycles. The van der Waals surface area contributed by atoms with Gasteiger partial charge in [-0.15, -0.1) is 0 Å². The van der Waals surface area contributed by atoms with Crippen LogP contribution >= 0.6 is 0 Å². The number of pyridine rings is 1. The number of carboxylic acid groups (broad SMARTS) is 1. The second-order valence-corrected chi connectivity index (χ2v) is 4.57. The van der Waals surface area contributed by atoms with Gasteiger partial charge in [0.1, 0.15) is 0 Å². The number of carbonyl (C=O) groups excluding carboxylic acids is 1. The van der Waals surface area contributed by atoms with Gasteiger partial charge in [0.2, 0.25) is 0 Å². The van der Waals surface area contributed by atoms with Crippen LogP contribution in [-0.4, -0.2) is 40.1 Å². The Balaban J connectivity index is 2.51. The normalized spacial score (nSPS) is 11.7. The van der Waals surface area contributed by atoms with Crippen molar-refractivity contribution in [2.75, 3.05) is 7.05 Å². The molecule has 1 aromatic heterocycles. The van der Waals surface area contributed by atoms with Gasteiger partial charge >= 0.3 is 12.0 Å². The first-order valence-corrected chi connectivity index (χ1v) is 6.04. The number of hydrogen-bond donors (Lipinski definition) is 2. The topological polar surface area (TPSA) is 82.5 Å². The third-order valence-corrected chi connectivity index (χ3v) is 2.54. The Bertz CT molecular complexity index is 462. The predicted molar refractivity (Wildman–Crippen MR) is 70.7 cm³/mol. The van der Waals surface area contributed by atoms with Crippen molar-refractivity contribution >= 4 is 12.0 Å². The first-order chi connectivity index (χ1) is 8.88. The molecule has 6 heteroatoms. The van der Waals surface area contributed by atoms with Crippen molar-refractivity contribution in [1.29, 1.82) is 0 Å². The first-order valence-electron chi connectivity index (χ1n) is 6.04. The maximum absolute atomic E-state index is 11.8. The summed E-state index contributed by atoms with van der Waals surface area (Å²) in [4.78, 5) is 28.1. The zero-order chi connectivity index (χ0) is 14.4. The van der Waals surface area contributed by atoms with Crippen molar-refractivity contribution in [1.82, 2.24) is 15.2 Å². The number of nitrogens with one attached hydrogen (secondary N) is 1. The van der Waals surface area contributed by atoms with Gasteiger partial charge in [-0.1, -0.05) is 6.07 Å². The molecule has 2 N–H and O–H groups in total. The van der Waals surface area contributed by atoms with Gasteiger partial charge in [0.05, 0.1) is 18.7 Å². The maximum atomic E-state index is 11.8. The Morgan fingerprint density at radius 2 is 2.16 bits per heavy atom. The van der Waals surface area contributed by atoms with Gasteiger partial charge in [-0.05, 0) is 26.0 Å². The van der Waals surface area contributed by atoms with E-state index in [1.807, 2.05) is 25.1 Å². The predicted octanol–water partition coefficient (Wildman–Crippen LogP) is 1.39. The highest BCUT2D eigenvalue weighted by Gasteiger charge is 2.14. The van der Waals surface area contributed by atoms with Crippen LogP contribution < -0.4 is 5.32 Å². The Kier molecular flexibility index (Phi) is 5.29. The average Bonchev–Trinajstić information content (AvgIpc) is 2.27. The summed E-state index contributed by atoms with van der Waals surface area (Å²) < 4.78 is 0. The van der Waals surface area contributed by atoms with E-state index in [2.05, 4.69) is 10.3 Å². The lowest BCUT2D eigenvalue weighted by Crippen LogP contribution is -2.42. The zero-order valence-corrected chi connectivity index (χ0v) is 11.4. The molecule has 19 heavy (non-hydrogen) atoms. The van der Waals surface area contributed by atoms with Gasteiger partial charge in [0.25, 0.3) is 0 Å². The van der Waals surface area contributed by atoms with Crippen molar-refractivity contribution in [2.45, 2.75) is 32.9 Å².